The highest BCUT2D eigenvalue weighted by molar-refractivity contribution is 7.89. The van der Waals surface area contributed by atoms with Gasteiger partial charge in [-0.1, -0.05) is 30.3 Å². The maximum atomic E-state index is 13.5. The van der Waals surface area contributed by atoms with E-state index in [0.717, 1.165) is 11.6 Å². The minimum Gasteiger partial charge on any atom is -0.395 e. The molecule has 0 spiro atoms. The summed E-state index contributed by atoms with van der Waals surface area (Å²) in [4.78, 5) is 3.54. The molecule has 1 aromatic carbocycles. The van der Waals surface area contributed by atoms with E-state index >= 15 is 0 Å². The van der Waals surface area contributed by atoms with Crippen molar-refractivity contribution in [3.63, 3.8) is 0 Å². The van der Waals surface area contributed by atoms with Gasteiger partial charge in [0.2, 0.25) is 5.03 Å². The van der Waals surface area contributed by atoms with Crippen LogP contribution in [0.3, 0.4) is 0 Å². The Morgan fingerprint density at radius 3 is 2.52 bits per heavy atom. The summed E-state index contributed by atoms with van der Waals surface area (Å²) >= 11 is 0. The first-order chi connectivity index (χ1) is 10.0. The Balaban J connectivity index is 2.16. The summed E-state index contributed by atoms with van der Waals surface area (Å²) in [6, 6.07) is 10.7. The Morgan fingerprint density at radius 2 is 1.90 bits per heavy atom. The number of sulfonamides is 1. The molecule has 1 atom stereocenters. The number of pyridine rings is 1. The summed E-state index contributed by atoms with van der Waals surface area (Å²) in [7, 11) is -4.12. The van der Waals surface area contributed by atoms with Gasteiger partial charge in [0.05, 0.1) is 6.61 Å². The van der Waals surface area contributed by atoms with Crippen LogP contribution in [-0.2, 0) is 16.4 Å². The third-order valence-corrected chi connectivity index (χ3v) is 4.30. The van der Waals surface area contributed by atoms with Crippen molar-refractivity contribution in [2.45, 2.75) is 17.5 Å². The molecule has 1 heterocycles. The molecule has 2 rings (SSSR count). The SMILES string of the molecule is O=S(=O)(N[C@@H](CO)Cc1ccccc1)c1ncccc1F. The highest BCUT2D eigenvalue weighted by atomic mass is 32.2. The molecule has 112 valence electrons. The zero-order valence-electron chi connectivity index (χ0n) is 11.1. The van der Waals surface area contributed by atoms with E-state index in [-0.39, 0.29) is 0 Å². The fourth-order valence-corrected chi connectivity index (χ4v) is 3.12. The van der Waals surface area contributed by atoms with Gasteiger partial charge in [0.25, 0.3) is 10.0 Å². The predicted octanol–water partition coefficient (Wildman–Crippen LogP) is 1.10. The van der Waals surface area contributed by atoms with Gasteiger partial charge < -0.3 is 5.11 Å². The number of nitrogens with zero attached hydrogens (tertiary/aromatic N) is 1. The molecule has 0 aliphatic heterocycles. The molecule has 5 nitrogen and oxygen atoms in total. The number of hydrogen-bond donors (Lipinski definition) is 2. The fraction of sp³-hybridized carbons (Fsp3) is 0.214. The van der Waals surface area contributed by atoms with Crippen molar-refractivity contribution < 1.29 is 17.9 Å². The first-order valence-corrected chi connectivity index (χ1v) is 7.79. The maximum Gasteiger partial charge on any atom is 0.261 e. The lowest BCUT2D eigenvalue weighted by Gasteiger charge is -2.16. The molecule has 0 amide bonds. The Hall–Kier alpha value is -1.83. The first-order valence-electron chi connectivity index (χ1n) is 6.30. The Bertz CT molecular complexity index is 692. The van der Waals surface area contributed by atoms with E-state index in [1.165, 1.54) is 12.3 Å². The van der Waals surface area contributed by atoms with Gasteiger partial charge in [-0.3, -0.25) is 0 Å². The second kappa shape index (κ2) is 6.75. The van der Waals surface area contributed by atoms with Crippen molar-refractivity contribution in [3.8, 4) is 0 Å². The van der Waals surface area contributed by atoms with Crippen molar-refractivity contribution in [3.05, 3.63) is 60.0 Å². The van der Waals surface area contributed by atoms with E-state index in [4.69, 9.17) is 0 Å². The third kappa shape index (κ3) is 4.07. The fourth-order valence-electron chi connectivity index (χ4n) is 1.89. The number of aliphatic hydroxyl groups is 1. The molecular formula is C14H15FN2O3S. The molecular weight excluding hydrogens is 295 g/mol. The molecule has 2 N–H and O–H groups in total. The lowest BCUT2D eigenvalue weighted by atomic mass is 10.1. The van der Waals surface area contributed by atoms with Crippen LogP contribution in [0.15, 0.2) is 53.7 Å². The predicted molar refractivity (Wildman–Crippen MR) is 75.5 cm³/mol. The molecule has 1 aromatic heterocycles. The molecule has 2 aromatic rings. The number of hydrogen-bond acceptors (Lipinski definition) is 4. The van der Waals surface area contributed by atoms with Gasteiger partial charge in [-0.2, -0.15) is 0 Å². The monoisotopic (exact) mass is 310 g/mol. The average molecular weight is 310 g/mol. The Kier molecular flexibility index (Phi) is 5.00. The maximum absolute atomic E-state index is 13.5. The second-order valence-electron chi connectivity index (χ2n) is 4.48. The normalized spacial score (nSPS) is 13.0. The average Bonchev–Trinajstić information content (AvgIpc) is 2.47. The van der Waals surface area contributed by atoms with Crippen LogP contribution >= 0.6 is 0 Å². The lowest BCUT2D eigenvalue weighted by Crippen LogP contribution is -2.39. The van der Waals surface area contributed by atoms with Crippen LogP contribution in [-0.4, -0.2) is 31.2 Å². The number of nitrogens with one attached hydrogen (secondary N) is 1. The van der Waals surface area contributed by atoms with Crippen LogP contribution in [0.25, 0.3) is 0 Å². The summed E-state index contributed by atoms with van der Waals surface area (Å²) in [6.45, 7) is -0.400. The summed E-state index contributed by atoms with van der Waals surface area (Å²) in [5, 5.41) is 8.66. The largest absolute Gasteiger partial charge is 0.395 e. The van der Waals surface area contributed by atoms with Gasteiger partial charge >= 0.3 is 0 Å². The smallest absolute Gasteiger partial charge is 0.261 e. The van der Waals surface area contributed by atoms with Crippen LogP contribution in [0, 0.1) is 5.82 Å². The minimum atomic E-state index is -4.12. The van der Waals surface area contributed by atoms with Gasteiger partial charge in [-0.05, 0) is 24.1 Å². The zero-order chi connectivity index (χ0) is 15.3. The summed E-state index contributed by atoms with van der Waals surface area (Å²) < 4.78 is 40.0. The van der Waals surface area contributed by atoms with Crippen molar-refractivity contribution in [2.24, 2.45) is 0 Å². The number of halogens is 1. The van der Waals surface area contributed by atoms with Gasteiger partial charge in [0.1, 0.15) is 0 Å². The van der Waals surface area contributed by atoms with Crippen molar-refractivity contribution in [1.82, 2.24) is 9.71 Å². The topological polar surface area (TPSA) is 79.3 Å². The van der Waals surface area contributed by atoms with E-state index in [2.05, 4.69) is 9.71 Å². The van der Waals surface area contributed by atoms with Crippen LogP contribution in [0.5, 0.6) is 0 Å². The Morgan fingerprint density at radius 1 is 1.19 bits per heavy atom. The van der Waals surface area contributed by atoms with E-state index in [0.29, 0.717) is 6.42 Å². The molecule has 0 radical (unpaired) electrons. The second-order valence-corrected chi connectivity index (χ2v) is 6.11. The van der Waals surface area contributed by atoms with E-state index in [1.807, 2.05) is 30.3 Å². The molecule has 0 saturated heterocycles. The zero-order valence-corrected chi connectivity index (χ0v) is 11.9. The van der Waals surface area contributed by atoms with Crippen molar-refractivity contribution in [1.29, 1.82) is 0 Å². The summed E-state index contributed by atoms with van der Waals surface area (Å²) in [5.74, 6) is -0.929. The standard InChI is InChI=1S/C14H15FN2O3S/c15-13-7-4-8-16-14(13)21(19,20)17-12(10-18)9-11-5-2-1-3-6-11/h1-8,12,17-18H,9-10H2/t12-/m1/s1. The molecule has 21 heavy (non-hydrogen) atoms. The van der Waals surface area contributed by atoms with Crippen LogP contribution < -0.4 is 4.72 Å². The van der Waals surface area contributed by atoms with Gasteiger partial charge in [-0.15, -0.1) is 0 Å². The van der Waals surface area contributed by atoms with Gasteiger partial charge in [0, 0.05) is 12.2 Å². The molecule has 0 bridgehead atoms. The van der Waals surface area contributed by atoms with Gasteiger partial charge in [-0.25, -0.2) is 22.5 Å². The molecule has 0 unspecified atom stereocenters. The van der Waals surface area contributed by atoms with E-state index < -0.39 is 33.5 Å². The highest BCUT2D eigenvalue weighted by Crippen LogP contribution is 2.12. The van der Waals surface area contributed by atoms with Crippen molar-refractivity contribution in [2.75, 3.05) is 6.61 Å². The third-order valence-electron chi connectivity index (χ3n) is 2.85. The van der Waals surface area contributed by atoms with E-state index in [9.17, 15) is 17.9 Å². The molecule has 0 fully saturated rings. The number of rotatable bonds is 6. The quantitative estimate of drug-likeness (QED) is 0.837. The molecule has 0 saturated carbocycles. The first kappa shape index (κ1) is 15.6. The van der Waals surface area contributed by atoms with E-state index in [1.54, 1.807) is 0 Å². The lowest BCUT2D eigenvalue weighted by molar-refractivity contribution is 0.256. The minimum absolute atomic E-state index is 0.297. The van der Waals surface area contributed by atoms with Gasteiger partial charge in [0.15, 0.2) is 5.82 Å². The molecule has 0 aliphatic rings. The number of aromatic nitrogens is 1. The van der Waals surface area contributed by atoms with Crippen LogP contribution in [0.4, 0.5) is 4.39 Å². The number of aliphatic hydroxyl groups excluding tert-OH is 1. The van der Waals surface area contributed by atoms with Crippen LogP contribution in [0.1, 0.15) is 5.56 Å². The Labute approximate surface area is 122 Å². The number of benzene rings is 1. The summed E-state index contributed by atoms with van der Waals surface area (Å²) in [6.07, 6.45) is 1.49. The highest BCUT2D eigenvalue weighted by Gasteiger charge is 2.24. The van der Waals surface area contributed by atoms with Crippen LogP contribution in [0.2, 0.25) is 0 Å². The summed E-state index contributed by atoms with van der Waals surface area (Å²) in [5.41, 5.74) is 0.862. The molecule has 7 heteroatoms. The molecule has 0 aliphatic carbocycles. The van der Waals surface area contributed by atoms with Crippen molar-refractivity contribution >= 4 is 10.0 Å².